The molecule has 1 saturated heterocycles. The zero-order chi connectivity index (χ0) is 24.0. The van der Waals surface area contributed by atoms with Crippen LogP contribution in [0.1, 0.15) is 23.2 Å². The highest BCUT2D eigenvalue weighted by Gasteiger charge is 2.25. The lowest BCUT2D eigenvalue weighted by atomic mass is 10.1. The number of anilines is 2. The lowest BCUT2D eigenvalue weighted by Crippen LogP contribution is -2.41. The van der Waals surface area contributed by atoms with Crippen molar-refractivity contribution in [3.8, 4) is 16.9 Å². The van der Waals surface area contributed by atoms with Crippen molar-refractivity contribution in [1.82, 2.24) is 14.9 Å². The summed E-state index contributed by atoms with van der Waals surface area (Å²) in [5, 5.41) is 5.74. The van der Waals surface area contributed by atoms with E-state index in [0.717, 1.165) is 24.0 Å². The Hall–Kier alpha value is -3.82. The van der Waals surface area contributed by atoms with Gasteiger partial charge in [-0.1, -0.05) is 6.07 Å². The standard InChI is InChI=1S/C26H27N5O4/c32-25(17-31-10-12-34-13-11-31)29-22-14-18(3-7-23(22)35-21-5-6-21)26(33)30-24-8-4-20(16-28-24)19-2-1-9-27-15-19/h1-4,7-9,14-16,21H,5-6,10-13,17H2,(H,29,32)(H,28,30,33). The van der Waals surface area contributed by atoms with Crippen LogP contribution < -0.4 is 15.4 Å². The zero-order valence-electron chi connectivity index (χ0n) is 19.3. The Balaban J connectivity index is 1.27. The molecule has 1 aromatic carbocycles. The summed E-state index contributed by atoms with van der Waals surface area (Å²) < 4.78 is 11.3. The van der Waals surface area contributed by atoms with Crippen LogP contribution >= 0.6 is 0 Å². The smallest absolute Gasteiger partial charge is 0.256 e. The molecule has 0 bridgehead atoms. The molecule has 3 aromatic rings. The molecule has 35 heavy (non-hydrogen) atoms. The molecule has 2 amide bonds. The average molecular weight is 474 g/mol. The van der Waals surface area contributed by atoms with Gasteiger partial charge in [-0.25, -0.2) is 4.98 Å². The maximum Gasteiger partial charge on any atom is 0.256 e. The van der Waals surface area contributed by atoms with Gasteiger partial charge in [0.05, 0.1) is 31.5 Å². The van der Waals surface area contributed by atoms with Crippen molar-refractivity contribution in [3.63, 3.8) is 0 Å². The highest BCUT2D eigenvalue weighted by molar-refractivity contribution is 6.05. The number of rotatable bonds is 8. The third kappa shape index (κ3) is 6.20. The summed E-state index contributed by atoms with van der Waals surface area (Å²) >= 11 is 0. The molecule has 3 heterocycles. The van der Waals surface area contributed by atoms with Gasteiger partial charge in [-0.3, -0.25) is 19.5 Å². The summed E-state index contributed by atoms with van der Waals surface area (Å²) in [4.78, 5) is 36.1. The summed E-state index contributed by atoms with van der Waals surface area (Å²) in [7, 11) is 0. The molecule has 2 aliphatic rings. The van der Waals surface area contributed by atoms with Crippen LogP contribution in [0.3, 0.4) is 0 Å². The van der Waals surface area contributed by atoms with Crippen LogP contribution in [0.25, 0.3) is 11.1 Å². The Bertz CT molecular complexity index is 1180. The van der Waals surface area contributed by atoms with E-state index in [9.17, 15) is 9.59 Å². The molecular weight excluding hydrogens is 446 g/mol. The molecular formula is C26H27N5O4. The van der Waals surface area contributed by atoms with Crippen LogP contribution in [0.4, 0.5) is 11.5 Å². The number of pyridine rings is 2. The lowest BCUT2D eigenvalue weighted by molar-refractivity contribution is -0.118. The first-order valence-electron chi connectivity index (χ1n) is 11.7. The molecule has 9 heteroatoms. The van der Waals surface area contributed by atoms with Gasteiger partial charge >= 0.3 is 0 Å². The average Bonchev–Trinajstić information content (AvgIpc) is 3.71. The number of carbonyl (C=O) groups is 2. The van der Waals surface area contributed by atoms with Crippen molar-refractivity contribution in [2.75, 3.05) is 43.5 Å². The highest BCUT2D eigenvalue weighted by Crippen LogP contribution is 2.33. The fourth-order valence-electron chi connectivity index (χ4n) is 3.75. The van der Waals surface area contributed by atoms with Crippen molar-refractivity contribution in [2.45, 2.75) is 18.9 Å². The summed E-state index contributed by atoms with van der Waals surface area (Å²) in [6, 6.07) is 12.5. The first-order valence-corrected chi connectivity index (χ1v) is 11.7. The Morgan fingerprint density at radius 3 is 2.57 bits per heavy atom. The first kappa shape index (κ1) is 22.9. The third-order valence-electron chi connectivity index (χ3n) is 5.80. The van der Waals surface area contributed by atoms with E-state index in [0.29, 0.717) is 49.1 Å². The van der Waals surface area contributed by atoms with Gasteiger partial charge in [-0.2, -0.15) is 0 Å². The van der Waals surface area contributed by atoms with Crippen LogP contribution in [0.15, 0.2) is 61.1 Å². The van der Waals surface area contributed by atoms with Crippen LogP contribution in [0.5, 0.6) is 5.75 Å². The minimum Gasteiger partial charge on any atom is -0.488 e. The van der Waals surface area contributed by atoms with Gasteiger partial charge in [0.1, 0.15) is 11.6 Å². The number of hydrogen-bond acceptors (Lipinski definition) is 7. The summed E-state index contributed by atoms with van der Waals surface area (Å²) in [5.74, 6) is 0.517. The van der Waals surface area contributed by atoms with Crippen molar-refractivity contribution in [2.24, 2.45) is 0 Å². The van der Waals surface area contributed by atoms with E-state index >= 15 is 0 Å². The molecule has 1 aliphatic heterocycles. The van der Waals surface area contributed by atoms with Crippen molar-refractivity contribution < 1.29 is 19.1 Å². The van der Waals surface area contributed by atoms with E-state index in [1.807, 2.05) is 23.1 Å². The van der Waals surface area contributed by atoms with Gasteiger partial charge in [0, 0.05) is 48.4 Å². The molecule has 5 rings (SSSR count). The molecule has 0 atom stereocenters. The van der Waals surface area contributed by atoms with Crippen LogP contribution in [-0.4, -0.2) is 65.6 Å². The number of benzene rings is 1. The van der Waals surface area contributed by atoms with Gasteiger partial charge in [0.15, 0.2) is 0 Å². The second-order valence-corrected chi connectivity index (χ2v) is 8.59. The molecule has 0 unspecified atom stereocenters. The van der Waals surface area contributed by atoms with Gasteiger partial charge in [0.25, 0.3) is 5.91 Å². The minimum atomic E-state index is -0.326. The van der Waals surface area contributed by atoms with E-state index in [-0.39, 0.29) is 24.5 Å². The number of nitrogens with zero attached hydrogens (tertiary/aromatic N) is 3. The SMILES string of the molecule is O=C(CN1CCOCC1)Nc1cc(C(=O)Nc2ccc(-c3cccnc3)cn2)ccc1OC1CC1. The number of aromatic nitrogens is 2. The minimum absolute atomic E-state index is 0.155. The highest BCUT2D eigenvalue weighted by atomic mass is 16.5. The zero-order valence-corrected chi connectivity index (χ0v) is 19.3. The van der Waals surface area contributed by atoms with Gasteiger partial charge < -0.3 is 20.1 Å². The van der Waals surface area contributed by atoms with E-state index in [2.05, 4.69) is 20.6 Å². The molecule has 2 N–H and O–H groups in total. The Morgan fingerprint density at radius 2 is 1.86 bits per heavy atom. The molecule has 1 saturated carbocycles. The predicted molar refractivity (Wildman–Crippen MR) is 131 cm³/mol. The predicted octanol–water partition coefficient (Wildman–Crippen LogP) is 3.21. The third-order valence-corrected chi connectivity index (χ3v) is 5.80. The summed E-state index contributed by atoms with van der Waals surface area (Å²) in [5.41, 5.74) is 2.74. The Labute approximate surface area is 203 Å². The monoisotopic (exact) mass is 473 g/mol. The van der Waals surface area contributed by atoms with E-state index in [4.69, 9.17) is 9.47 Å². The van der Waals surface area contributed by atoms with Gasteiger partial charge in [-0.05, 0) is 49.2 Å². The number of amides is 2. The van der Waals surface area contributed by atoms with E-state index in [1.54, 1.807) is 42.9 Å². The van der Waals surface area contributed by atoms with Crippen LogP contribution in [0, 0.1) is 0 Å². The maximum absolute atomic E-state index is 12.9. The number of hydrogen-bond donors (Lipinski definition) is 2. The largest absolute Gasteiger partial charge is 0.488 e. The summed E-state index contributed by atoms with van der Waals surface area (Å²) in [6.07, 6.45) is 7.30. The second-order valence-electron chi connectivity index (χ2n) is 8.59. The molecule has 0 radical (unpaired) electrons. The fourth-order valence-corrected chi connectivity index (χ4v) is 3.75. The topological polar surface area (TPSA) is 106 Å². The Kier molecular flexibility index (Phi) is 6.97. The van der Waals surface area contributed by atoms with Gasteiger partial charge in [-0.15, -0.1) is 0 Å². The lowest BCUT2D eigenvalue weighted by Gasteiger charge is -2.26. The van der Waals surface area contributed by atoms with E-state index in [1.165, 1.54) is 0 Å². The molecule has 180 valence electrons. The second kappa shape index (κ2) is 10.6. The van der Waals surface area contributed by atoms with Gasteiger partial charge in [0.2, 0.25) is 5.91 Å². The molecule has 2 fully saturated rings. The first-order chi connectivity index (χ1) is 17.1. The summed E-state index contributed by atoms with van der Waals surface area (Å²) in [6.45, 7) is 2.93. The number of morpholine rings is 1. The van der Waals surface area contributed by atoms with Crippen molar-refractivity contribution in [1.29, 1.82) is 0 Å². The van der Waals surface area contributed by atoms with Crippen LogP contribution in [0.2, 0.25) is 0 Å². The maximum atomic E-state index is 12.9. The number of ether oxygens (including phenoxy) is 2. The Morgan fingerprint density at radius 1 is 1.03 bits per heavy atom. The van der Waals surface area contributed by atoms with Crippen molar-refractivity contribution in [3.05, 3.63) is 66.6 Å². The number of carbonyl (C=O) groups excluding carboxylic acids is 2. The van der Waals surface area contributed by atoms with E-state index < -0.39 is 0 Å². The number of nitrogens with one attached hydrogen (secondary N) is 2. The molecule has 1 aliphatic carbocycles. The van der Waals surface area contributed by atoms with Crippen molar-refractivity contribution >= 4 is 23.3 Å². The fraction of sp³-hybridized carbons (Fsp3) is 0.308. The molecule has 2 aromatic heterocycles. The quantitative estimate of drug-likeness (QED) is 0.518. The molecule has 9 nitrogen and oxygen atoms in total. The van der Waals surface area contributed by atoms with Crippen LogP contribution in [-0.2, 0) is 9.53 Å². The normalized spacial score (nSPS) is 15.9. The molecule has 0 spiro atoms.